The number of benzene rings is 1. The zero-order valence-electron chi connectivity index (χ0n) is 14.0. The maximum Gasteiger partial charge on any atom is 0.254 e. The summed E-state index contributed by atoms with van der Waals surface area (Å²) in [5.74, 6) is -0.0808. The molecule has 26 heavy (non-hydrogen) atoms. The third-order valence-corrected chi connectivity index (χ3v) is 5.76. The molecule has 0 radical (unpaired) electrons. The van der Waals surface area contributed by atoms with Gasteiger partial charge in [0, 0.05) is 28.4 Å². The van der Waals surface area contributed by atoms with E-state index >= 15 is 0 Å². The number of nitrogens with one attached hydrogen (secondary N) is 2. The number of hydrogen-bond acceptors (Lipinski definition) is 5. The molecule has 3 heterocycles. The molecule has 2 N–H and O–H groups in total. The number of anilines is 1. The van der Waals surface area contributed by atoms with Gasteiger partial charge < -0.3 is 5.32 Å². The fourth-order valence-corrected chi connectivity index (χ4v) is 4.20. The van der Waals surface area contributed by atoms with Crippen molar-refractivity contribution in [2.24, 2.45) is 0 Å². The van der Waals surface area contributed by atoms with Gasteiger partial charge in [0.2, 0.25) is 0 Å². The number of piperidine rings is 1. The van der Waals surface area contributed by atoms with E-state index in [-0.39, 0.29) is 5.91 Å². The summed E-state index contributed by atoms with van der Waals surface area (Å²) in [6.45, 7) is 1.55. The predicted octanol–water partition coefficient (Wildman–Crippen LogP) is 3.38. The average molecular weight is 388 g/mol. The number of carbonyl (C=O) groups excluding carboxylic acids is 1. The molecule has 134 valence electrons. The third kappa shape index (κ3) is 3.13. The van der Waals surface area contributed by atoms with Crippen LogP contribution >= 0.6 is 22.9 Å². The highest BCUT2D eigenvalue weighted by atomic mass is 35.5. The number of amides is 1. The van der Waals surface area contributed by atoms with Crippen molar-refractivity contribution < 1.29 is 4.79 Å². The molecule has 0 unspecified atom stereocenters. The Labute approximate surface area is 160 Å². The van der Waals surface area contributed by atoms with Gasteiger partial charge >= 0.3 is 0 Å². The molecular formula is C18H18ClN5OS. The Morgan fingerprint density at radius 2 is 2.08 bits per heavy atom. The van der Waals surface area contributed by atoms with E-state index in [2.05, 4.69) is 20.7 Å². The number of rotatable bonds is 4. The van der Waals surface area contributed by atoms with Gasteiger partial charge in [0.25, 0.3) is 5.91 Å². The molecule has 4 rings (SSSR count). The second-order valence-corrected chi connectivity index (χ2v) is 7.47. The highest BCUT2D eigenvalue weighted by Crippen LogP contribution is 2.32. The topological polar surface area (TPSA) is 71.8 Å². The van der Waals surface area contributed by atoms with Crippen LogP contribution in [0.4, 0.5) is 5.13 Å². The molecule has 3 aromatic rings. The Morgan fingerprint density at radius 3 is 2.81 bits per heavy atom. The minimum atomic E-state index is -0.690. The molecule has 0 saturated carbocycles. The van der Waals surface area contributed by atoms with Gasteiger partial charge in [-0.1, -0.05) is 29.8 Å². The summed E-state index contributed by atoms with van der Waals surface area (Å²) in [6.07, 6.45) is 4.92. The van der Waals surface area contributed by atoms with Gasteiger partial charge in [-0.15, -0.1) is 11.3 Å². The van der Waals surface area contributed by atoms with Gasteiger partial charge in [-0.05, 0) is 38.1 Å². The van der Waals surface area contributed by atoms with Crippen molar-refractivity contribution in [2.75, 3.05) is 18.4 Å². The lowest BCUT2D eigenvalue weighted by Gasteiger charge is -2.36. The van der Waals surface area contributed by atoms with Crippen molar-refractivity contribution in [1.29, 1.82) is 0 Å². The van der Waals surface area contributed by atoms with E-state index in [1.807, 2.05) is 41.9 Å². The Kier molecular flexibility index (Phi) is 4.76. The van der Waals surface area contributed by atoms with Crippen LogP contribution in [0.25, 0.3) is 11.3 Å². The van der Waals surface area contributed by atoms with Gasteiger partial charge in [-0.2, -0.15) is 5.10 Å². The quantitative estimate of drug-likeness (QED) is 0.719. The standard InChI is InChI=1S/C18H18ClN5OS/c19-14-5-2-1-4-13(14)15-12-26-17(22-15)23-16(25)18(6-9-20-10-7-18)24-11-3-8-21-24/h1-5,8,11-12,20H,6-7,9-10H2,(H,22,23,25). The molecule has 0 spiro atoms. The minimum Gasteiger partial charge on any atom is -0.317 e. The lowest BCUT2D eigenvalue weighted by atomic mass is 9.87. The number of nitrogens with zero attached hydrogens (tertiary/aromatic N) is 3. The molecule has 1 amide bonds. The van der Waals surface area contributed by atoms with Crippen molar-refractivity contribution in [3.05, 3.63) is 53.1 Å². The van der Waals surface area contributed by atoms with Crippen molar-refractivity contribution in [3.8, 4) is 11.3 Å². The molecule has 1 aromatic carbocycles. The highest BCUT2D eigenvalue weighted by Gasteiger charge is 2.42. The average Bonchev–Trinajstić information content (AvgIpc) is 3.35. The van der Waals surface area contributed by atoms with E-state index < -0.39 is 5.54 Å². The van der Waals surface area contributed by atoms with Crippen LogP contribution < -0.4 is 10.6 Å². The number of thiazole rings is 1. The summed E-state index contributed by atoms with van der Waals surface area (Å²) >= 11 is 7.64. The van der Waals surface area contributed by atoms with Crippen molar-refractivity contribution in [2.45, 2.75) is 18.4 Å². The van der Waals surface area contributed by atoms with Crippen molar-refractivity contribution in [1.82, 2.24) is 20.1 Å². The van der Waals surface area contributed by atoms with Gasteiger partial charge in [0.05, 0.1) is 5.69 Å². The molecule has 8 heteroatoms. The maximum absolute atomic E-state index is 13.1. The van der Waals surface area contributed by atoms with Gasteiger partial charge in [0.1, 0.15) is 5.54 Å². The minimum absolute atomic E-state index is 0.0808. The molecule has 1 aliphatic heterocycles. The SMILES string of the molecule is O=C(Nc1nc(-c2ccccc2Cl)cs1)C1(n2cccn2)CCNCC1. The van der Waals surface area contributed by atoms with Crippen molar-refractivity contribution in [3.63, 3.8) is 0 Å². The maximum atomic E-state index is 13.1. The molecule has 1 fully saturated rings. The van der Waals surface area contributed by atoms with Crippen LogP contribution in [0.15, 0.2) is 48.1 Å². The van der Waals surface area contributed by atoms with Gasteiger partial charge in [-0.3, -0.25) is 14.8 Å². The number of hydrogen-bond donors (Lipinski definition) is 2. The molecule has 0 aliphatic carbocycles. The number of aromatic nitrogens is 3. The van der Waals surface area contributed by atoms with E-state index in [0.717, 1.165) is 24.3 Å². The highest BCUT2D eigenvalue weighted by molar-refractivity contribution is 7.14. The third-order valence-electron chi connectivity index (χ3n) is 4.67. The van der Waals surface area contributed by atoms with Crippen LogP contribution in [0.3, 0.4) is 0 Å². The van der Waals surface area contributed by atoms with Crippen LogP contribution in [0.2, 0.25) is 5.02 Å². The smallest absolute Gasteiger partial charge is 0.254 e. The van der Waals surface area contributed by atoms with Gasteiger partial charge in [0.15, 0.2) is 5.13 Å². The summed E-state index contributed by atoms with van der Waals surface area (Å²) in [6, 6.07) is 9.39. The lowest BCUT2D eigenvalue weighted by molar-refractivity contribution is -0.126. The molecule has 2 aromatic heterocycles. The normalized spacial score (nSPS) is 16.3. The summed E-state index contributed by atoms with van der Waals surface area (Å²) in [7, 11) is 0. The van der Waals surface area contributed by atoms with E-state index in [1.54, 1.807) is 10.9 Å². The van der Waals surface area contributed by atoms with Gasteiger partial charge in [-0.25, -0.2) is 4.98 Å². The molecule has 1 saturated heterocycles. The van der Waals surface area contributed by atoms with Crippen LogP contribution in [0.5, 0.6) is 0 Å². The Bertz CT molecular complexity index is 902. The van der Waals surface area contributed by atoms with Crippen LogP contribution in [-0.4, -0.2) is 33.8 Å². The fraction of sp³-hybridized carbons (Fsp3) is 0.278. The lowest BCUT2D eigenvalue weighted by Crippen LogP contribution is -2.52. The van der Waals surface area contributed by atoms with E-state index in [4.69, 9.17) is 11.6 Å². The molecular weight excluding hydrogens is 370 g/mol. The summed E-state index contributed by atoms with van der Waals surface area (Å²) in [4.78, 5) is 17.7. The molecule has 0 bridgehead atoms. The number of halogens is 1. The first kappa shape index (κ1) is 17.2. The predicted molar refractivity (Wildman–Crippen MR) is 103 cm³/mol. The second-order valence-electron chi connectivity index (χ2n) is 6.20. The second kappa shape index (κ2) is 7.19. The molecule has 0 atom stereocenters. The van der Waals surface area contributed by atoms with E-state index in [0.29, 0.717) is 23.0 Å². The van der Waals surface area contributed by atoms with Crippen LogP contribution in [0, 0.1) is 0 Å². The van der Waals surface area contributed by atoms with Crippen molar-refractivity contribution >= 4 is 34.0 Å². The summed E-state index contributed by atoms with van der Waals surface area (Å²) < 4.78 is 1.77. The first-order chi connectivity index (χ1) is 12.7. The fourth-order valence-electron chi connectivity index (χ4n) is 3.26. The Morgan fingerprint density at radius 1 is 1.27 bits per heavy atom. The molecule has 6 nitrogen and oxygen atoms in total. The monoisotopic (exact) mass is 387 g/mol. The first-order valence-corrected chi connectivity index (χ1v) is 9.67. The zero-order valence-corrected chi connectivity index (χ0v) is 15.6. The van der Waals surface area contributed by atoms with Crippen LogP contribution in [0.1, 0.15) is 12.8 Å². The Hall–Kier alpha value is -2.22. The molecule has 1 aliphatic rings. The largest absolute Gasteiger partial charge is 0.317 e. The summed E-state index contributed by atoms with van der Waals surface area (Å²) in [5.41, 5.74) is 0.925. The van der Waals surface area contributed by atoms with Crippen LogP contribution in [-0.2, 0) is 10.3 Å². The summed E-state index contributed by atoms with van der Waals surface area (Å²) in [5, 5.41) is 13.7. The first-order valence-electron chi connectivity index (χ1n) is 8.42. The van der Waals surface area contributed by atoms with E-state index in [1.165, 1.54) is 11.3 Å². The number of carbonyl (C=O) groups is 1. The Balaban J connectivity index is 1.59. The van der Waals surface area contributed by atoms with E-state index in [9.17, 15) is 4.79 Å². The zero-order chi connectivity index (χ0) is 18.0.